The van der Waals surface area contributed by atoms with Crippen LogP contribution in [0.5, 0.6) is 0 Å². The zero-order valence-electron chi connectivity index (χ0n) is 13.2. The Labute approximate surface area is 135 Å². The molecule has 0 unspecified atom stereocenters. The third-order valence-electron chi connectivity index (χ3n) is 3.97. The molecule has 0 aliphatic carbocycles. The Morgan fingerprint density at radius 1 is 1.26 bits per heavy atom. The Bertz CT molecular complexity index is 645. The number of ether oxygens (including phenoxy) is 1. The first kappa shape index (κ1) is 15.6. The van der Waals surface area contributed by atoms with Crippen LogP contribution in [0.4, 0.5) is 0 Å². The molecule has 0 saturated carbocycles. The second-order valence-corrected chi connectivity index (χ2v) is 5.56. The lowest BCUT2D eigenvalue weighted by molar-refractivity contribution is 0.0601. The number of hydrogen-bond donors (Lipinski definition) is 1. The summed E-state index contributed by atoms with van der Waals surface area (Å²) in [6.07, 6.45) is 2.95. The summed E-state index contributed by atoms with van der Waals surface area (Å²) in [6, 6.07) is 7.19. The monoisotopic (exact) mass is 315 g/mol. The van der Waals surface area contributed by atoms with Crippen LogP contribution < -0.4 is 5.32 Å². The van der Waals surface area contributed by atoms with Crippen LogP contribution in [0.2, 0.25) is 0 Å². The lowest BCUT2D eigenvalue weighted by Crippen LogP contribution is -2.28. The minimum absolute atomic E-state index is 0.340. The van der Waals surface area contributed by atoms with Crippen LogP contribution in [0.15, 0.2) is 30.5 Å². The highest BCUT2D eigenvalue weighted by Crippen LogP contribution is 2.13. The van der Waals surface area contributed by atoms with Crippen LogP contribution in [0.25, 0.3) is 5.69 Å². The van der Waals surface area contributed by atoms with E-state index >= 15 is 0 Å². The van der Waals surface area contributed by atoms with Crippen LogP contribution in [-0.2, 0) is 11.3 Å². The molecule has 1 aromatic heterocycles. The average Bonchev–Trinajstić information content (AvgIpc) is 2.89. The molecule has 2 heterocycles. The van der Waals surface area contributed by atoms with E-state index in [0.29, 0.717) is 5.56 Å². The molecule has 0 amide bonds. The number of nitrogens with zero attached hydrogens (tertiary/aromatic N) is 4. The predicted octanol–water partition coefficient (Wildman–Crippen LogP) is 0.849. The summed E-state index contributed by atoms with van der Waals surface area (Å²) in [5, 5.41) is 11.6. The average molecular weight is 315 g/mol. The SMILES string of the molecule is COC(=O)c1ccc(-n2nncc2CN2CCCNCC2)cc1. The fourth-order valence-electron chi connectivity index (χ4n) is 2.73. The molecule has 0 radical (unpaired) electrons. The summed E-state index contributed by atoms with van der Waals surface area (Å²) < 4.78 is 6.54. The van der Waals surface area contributed by atoms with Crippen molar-refractivity contribution in [2.75, 3.05) is 33.3 Å². The maximum atomic E-state index is 11.5. The van der Waals surface area contributed by atoms with Gasteiger partial charge in [-0.25, -0.2) is 9.48 Å². The third-order valence-corrected chi connectivity index (χ3v) is 3.97. The van der Waals surface area contributed by atoms with Crippen molar-refractivity contribution in [2.24, 2.45) is 0 Å². The van der Waals surface area contributed by atoms with Gasteiger partial charge in [-0.3, -0.25) is 4.90 Å². The van der Waals surface area contributed by atoms with E-state index in [9.17, 15) is 4.79 Å². The number of aromatic nitrogens is 3. The second kappa shape index (κ2) is 7.34. The first-order valence-electron chi connectivity index (χ1n) is 7.79. The van der Waals surface area contributed by atoms with E-state index in [0.717, 1.165) is 50.5 Å². The highest BCUT2D eigenvalue weighted by Gasteiger charge is 2.14. The highest BCUT2D eigenvalue weighted by molar-refractivity contribution is 5.89. The second-order valence-electron chi connectivity index (χ2n) is 5.56. The summed E-state index contributed by atoms with van der Waals surface area (Å²) >= 11 is 0. The first-order valence-corrected chi connectivity index (χ1v) is 7.79. The molecule has 1 N–H and O–H groups in total. The number of esters is 1. The molecule has 1 saturated heterocycles. The molecule has 0 atom stereocenters. The molecule has 0 spiro atoms. The zero-order chi connectivity index (χ0) is 16.1. The Morgan fingerprint density at radius 2 is 2.09 bits per heavy atom. The summed E-state index contributed by atoms with van der Waals surface area (Å²) in [5.41, 5.74) is 2.45. The normalized spacial score (nSPS) is 16.0. The Kier molecular flexibility index (Phi) is 4.99. The predicted molar refractivity (Wildman–Crippen MR) is 85.5 cm³/mol. The van der Waals surface area contributed by atoms with E-state index in [1.165, 1.54) is 7.11 Å². The molecular formula is C16H21N5O2. The van der Waals surface area contributed by atoms with E-state index in [1.54, 1.807) is 18.3 Å². The van der Waals surface area contributed by atoms with Crippen LogP contribution in [-0.4, -0.2) is 59.2 Å². The van der Waals surface area contributed by atoms with Gasteiger partial charge in [0, 0.05) is 19.6 Å². The van der Waals surface area contributed by atoms with E-state index in [4.69, 9.17) is 4.74 Å². The molecule has 1 aromatic carbocycles. The third kappa shape index (κ3) is 3.75. The number of benzene rings is 1. The molecule has 23 heavy (non-hydrogen) atoms. The zero-order valence-corrected chi connectivity index (χ0v) is 13.2. The van der Waals surface area contributed by atoms with Gasteiger partial charge in [0.2, 0.25) is 0 Å². The minimum atomic E-state index is -0.340. The molecule has 1 fully saturated rings. The van der Waals surface area contributed by atoms with Gasteiger partial charge in [0.15, 0.2) is 0 Å². The molecule has 1 aliphatic rings. The molecule has 7 heteroatoms. The molecule has 0 bridgehead atoms. The topological polar surface area (TPSA) is 72.3 Å². The van der Waals surface area contributed by atoms with Gasteiger partial charge >= 0.3 is 5.97 Å². The molecule has 2 aromatic rings. The quantitative estimate of drug-likeness (QED) is 0.843. The Morgan fingerprint density at radius 3 is 2.87 bits per heavy atom. The van der Waals surface area contributed by atoms with Gasteiger partial charge in [-0.1, -0.05) is 5.21 Å². The van der Waals surface area contributed by atoms with Crippen LogP contribution in [0.3, 0.4) is 0 Å². The number of nitrogens with one attached hydrogen (secondary N) is 1. The fraction of sp³-hybridized carbons (Fsp3) is 0.438. The van der Waals surface area contributed by atoms with Crippen LogP contribution >= 0.6 is 0 Å². The summed E-state index contributed by atoms with van der Waals surface area (Å²) in [6.45, 7) is 4.98. The van der Waals surface area contributed by atoms with Crippen molar-refractivity contribution < 1.29 is 9.53 Å². The molecule has 122 valence electrons. The van der Waals surface area contributed by atoms with E-state index in [-0.39, 0.29) is 5.97 Å². The molecule has 1 aliphatic heterocycles. The van der Waals surface area contributed by atoms with Gasteiger partial charge in [-0.2, -0.15) is 0 Å². The van der Waals surface area contributed by atoms with Crippen molar-refractivity contribution in [3.63, 3.8) is 0 Å². The van der Waals surface area contributed by atoms with E-state index in [2.05, 4.69) is 20.5 Å². The molecule has 7 nitrogen and oxygen atoms in total. The summed E-state index contributed by atoms with van der Waals surface area (Å²) in [7, 11) is 1.38. The maximum Gasteiger partial charge on any atom is 0.337 e. The Hall–Kier alpha value is -2.25. The smallest absolute Gasteiger partial charge is 0.337 e. The maximum absolute atomic E-state index is 11.5. The van der Waals surface area contributed by atoms with E-state index < -0.39 is 0 Å². The van der Waals surface area contributed by atoms with Crippen LogP contribution in [0.1, 0.15) is 22.5 Å². The van der Waals surface area contributed by atoms with Gasteiger partial charge in [0.1, 0.15) is 0 Å². The van der Waals surface area contributed by atoms with Gasteiger partial charge < -0.3 is 10.1 Å². The van der Waals surface area contributed by atoms with Gasteiger partial charge in [0.05, 0.1) is 30.3 Å². The number of hydrogen-bond acceptors (Lipinski definition) is 6. The van der Waals surface area contributed by atoms with Crippen molar-refractivity contribution in [1.29, 1.82) is 0 Å². The largest absolute Gasteiger partial charge is 0.465 e. The van der Waals surface area contributed by atoms with Crippen molar-refractivity contribution in [3.05, 3.63) is 41.7 Å². The van der Waals surface area contributed by atoms with Gasteiger partial charge in [-0.15, -0.1) is 5.10 Å². The Balaban J connectivity index is 1.76. The minimum Gasteiger partial charge on any atom is -0.465 e. The van der Waals surface area contributed by atoms with Gasteiger partial charge in [0.25, 0.3) is 0 Å². The molecular weight excluding hydrogens is 294 g/mol. The van der Waals surface area contributed by atoms with Crippen molar-refractivity contribution in [2.45, 2.75) is 13.0 Å². The number of carbonyl (C=O) groups excluding carboxylic acids is 1. The molecule has 3 rings (SSSR count). The summed E-state index contributed by atoms with van der Waals surface area (Å²) in [5.74, 6) is -0.340. The fourth-order valence-corrected chi connectivity index (χ4v) is 2.73. The van der Waals surface area contributed by atoms with Crippen molar-refractivity contribution in [3.8, 4) is 5.69 Å². The van der Waals surface area contributed by atoms with Crippen molar-refractivity contribution in [1.82, 2.24) is 25.2 Å². The highest BCUT2D eigenvalue weighted by atomic mass is 16.5. The van der Waals surface area contributed by atoms with Crippen LogP contribution in [0, 0.1) is 0 Å². The van der Waals surface area contributed by atoms with E-state index in [1.807, 2.05) is 16.8 Å². The first-order chi connectivity index (χ1) is 11.3. The standard InChI is InChI=1S/C16H21N5O2/c1-23-16(22)13-3-5-14(6-4-13)21-15(11-18-19-21)12-20-9-2-7-17-8-10-20/h3-6,11,17H,2,7-10,12H2,1H3. The summed E-state index contributed by atoms with van der Waals surface area (Å²) in [4.78, 5) is 13.9. The number of carbonyl (C=O) groups is 1. The lowest BCUT2D eigenvalue weighted by atomic mass is 10.2. The lowest BCUT2D eigenvalue weighted by Gasteiger charge is -2.19. The number of methoxy groups -OCH3 is 1. The van der Waals surface area contributed by atoms with Crippen molar-refractivity contribution >= 4 is 5.97 Å². The number of rotatable bonds is 4. The van der Waals surface area contributed by atoms with Gasteiger partial charge in [-0.05, 0) is 43.8 Å².